The van der Waals surface area contributed by atoms with Crippen LogP contribution in [0.25, 0.3) is 4.85 Å². The molecular weight excluding hydrogens is 276 g/mol. The fraction of sp³-hybridized carbons (Fsp3) is 0.235. The number of benzene rings is 1. The molecule has 0 saturated heterocycles. The Balaban J connectivity index is 2.20. The summed E-state index contributed by atoms with van der Waals surface area (Å²) in [6, 6.07) is 11.6. The van der Waals surface area contributed by atoms with Gasteiger partial charge < -0.3 is 9.64 Å². The largest absolute Gasteiger partial charge is 0.439 e. The van der Waals surface area contributed by atoms with Crippen molar-refractivity contribution in [2.75, 3.05) is 11.9 Å². The summed E-state index contributed by atoms with van der Waals surface area (Å²) < 4.78 is 5.74. The van der Waals surface area contributed by atoms with E-state index in [9.17, 15) is 5.26 Å². The van der Waals surface area contributed by atoms with E-state index in [0.717, 1.165) is 11.4 Å². The van der Waals surface area contributed by atoms with Crippen molar-refractivity contribution in [3.63, 3.8) is 0 Å². The number of hydrogen-bond acceptors (Lipinski definition) is 4. The van der Waals surface area contributed by atoms with Gasteiger partial charge in [0.2, 0.25) is 0 Å². The molecule has 2 rings (SSSR count). The molecule has 0 N–H and O–H groups in total. The van der Waals surface area contributed by atoms with Gasteiger partial charge in [0.1, 0.15) is 0 Å². The van der Waals surface area contributed by atoms with Crippen molar-refractivity contribution in [2.45, 2.75) is 13.3 Å². The van der Waals surface area contributed by atoms with E-state index in [1.165, 1.54) is 0 Å². The molecule has 1 aromatic carbocycles. The van der Waals surface area contributed by atoms with Gasteiger partial charge in [0.05, 0.1) is 30.3 Å². The first-order valence-electron chi connectivity index (χ1n) is 6.71. The minimum absolute atomic E-state index is 0.0195. The number of rotatable bonds is 3. The summed E-state index contributed by atoms with van der Waals surface area (Å²) in [5.74, 6) is 0.906. The number of anilines is 1. The highest BCUT2D eigenvalue weighted by atomic mass is 16.5. The van der Waals surface area contributed by atoms with E-state index < -0.39 is 5.92 Å². The molecule has 1 heterocycles. The van der Waals surface area contributed by atoms with Gasteiger partial charge >= 0.3 is 0 Å². The zero-order chi connectivity index (χ0) is 16.1. The molecule has 1 unspecified atom stereocenters. The molecule has 1 atom stereocenters. The van der Waals surface area contributed by atoms with Crippen LogP contribution >= 0.6 is 0 Å². The third-order valence-corrected chi connectivity index (χ3v) is 3.57. The summed E-state index contributed by atoms with van der Waals surface area (Å²) >= 11 is 0. The normalized spacial score (nSPS) is 16.7. The summed E-state index contributed by atoms with van der Waals surface area (Å²) in [4.78, 5) is 5.06. The van der Waals surface area contributed by atoms with Gasteiger partial charge in [-0.05, 0) is 30.2 Å². The zero-order valence-corrected chi connectivity index (χ0v) is 12.4. The zero-order valence-electron chi connectivity index (χ0n) is 12.4. The van der Waals surface area contributed by atoms with Crippen LogP contribution in [0.2, 0.25) is 0 Å². The van der Waals surface area contributed by atoms with Crippen molar-refractivity contribution in [3.8, 4) is 17.9 Å². The number of hydrogen-bond donors (Lipinski definition) is 0. The number of fused-ring (bicyclic) bond motifs is 1. The average Bonchev–Trinajstić information content (AvgIpc) is 2.86. The van der Waals surface area contributed by atoms with Crippen molar-refractivity contribution in [1.82, 2.24) is 0 Å². The summed E-state index contributed by atoms with van der Waals surface area (Å²) in [7, 11) is 1.89. The Morgan fingerprint density at radius 2 is 2.18 bits per heavy atom. The Hall–Kier alpha value is -3.23. The molecule has 0 bridgehead atoms. The van der Waals surface area contributed by atoms with Crippen LogP contribution in [0, 0.1) is 35.2 Å². The van der Waals surface area contributed by atoms with Gasteiger partial charge in [-0.1, -0.05) is 19.1 Å². The third-order valence-electron chi connectivity index (χ3n) is 3.57. The van der Waals surface area contributed by atoms with Gasteiger partial charge in [-0.15, -0.1) is 0 Å². The molecule has 0 aliphatic carbocycles. The molecule has 0 spiro atoms. The molecular formula is C17H14N4O. The van der Waals surface area contributed by atoms with Gasteiger partial charge in [0, 0.05) is 7.05 Å². The lowest BCUT2D eigenvalue weighted by atomic mass is 9.97. The van der Waals surface area contributed by atoms with E-state index in [2.05, 4.69) is 10.9 Å². The molecule has 0 fully saturated rings. The standard InChI is InChI=1S/C17H14N4O/c1-12(14(11-19)20-2)13(10-18)8-9-17-21(3)15-6-4-5-7-16(15)22-17/h4-7,9,13H,8H2,1,3H3/b14-12-,17-9?. The van der Waals surface area contributed by atoms with Crippen LogP contribution in [0.1, 0.15) is 13.3 Å². The smallest absolute Gasteiger partial charge is 0.262 e. The monoisotopic (exact) mass is 290 g/mol. The van der Waals surface area contributed by atoms with Crippen molar-refractivity contribution >= 4 is 5.69 Å². The lowest BCUT2D eigenvalue weighted by Crippen LogP contribution is -2.14. The van der Waals surface area contributed by atoms with Crippen molar-refractivity contribution in [2.24, 2.45) is 5.92 Å². The Bertz CT molecular complexity index is 755. The second kappa shape index (κ2) is 6.48. The molecule has 1 aliphatic heterocycles. The van der Waals surface area contributed by atoms with E-state index in [-0.39, 0.29) is 5.70 Å². The molecule has 1 aromatic rings. The quantitative estimate of drug-likeness (QED) is 0.630. The predicted molar refractivity (Wildman–Crippen MR) is 82.2 cm³/mol. The summed E-state index contributed by atoms with van der Waals surface area (Å²) in [6.45, 7) is 8.61. The number of para-hydroxylation sites is 2. The third kappa shape index (κ3) is 2.77. The van der Waals surface area contributed by atoms with Gasteiger partial charge in [-0.25, -0.2) is 10.1 Å². The molecule has 5 nitrogen and oxygen atoms in total. The molecule has 1 aliphatic rings. The van der Waals surface area contributed by atoms with Crippen LogP contribution in [0.4, 0.5) is 5.69 Å². The van der Waals surface area contributed by atoms with E-state index in [4.69, 9.17) is 16.6 Å². The number of ether oxygens (including phenoxy) is 1. The molecule has 22 heavy (non-hydrogen) atoms. The van der Waals surface area contributed by atoms with E-state index in [1.54, 1.807) is 6.92 Å². The van der Waals surface area contributed by atoms with Crippen LogP contribution in [0.3, 0.4) is 0 Å². The molecule has 0 radical (unpaired) electrons. The lowest BCUT2D eigenvalue weighted by molar-refractivity contribution is 0.439. The van der Waals surface area contributed by atoms with Crippen LogP contribution < -0.4 is 9.64 Å². The maximum absolute atomic E-state index is 9.27. The first-order valence-corrected chi connectivity index (χ1v) is 6.71. The highest BCUT2D eigenvalue weighted by molar-refractivity contribution is 5.65. The number of nitriles is 2. The SMILES string of the molecule is [C-]#[N+]/C(C#N)=C(/C)C(C#N)CC=C1Oc2ccccc2N1C. The highest BCUT2D eigenvalue weighted by Crippen LogP contribution is 2.37. The minimum Gasteiger partial charge on any atom is -0.439 e. The van der Waals surface area contributed by atoms with Crippen LogP contribution in [0.5, 0.6) is 5.75 Å². The van der Waals surface area contributed by atoms with Crippen LogP contribution in [-0.4, -0.2) is 7.05 Å². The minimum atomic E-state index is -0.517. The number of nitrogens with zero attached hydrogens (tertiary/aromatic N) is 4. The summed E-state index contributed by atoms with van der Waals surface area (Å²) in [6.07, 6.45) is 2.20. The molecule has 0 saturated carbocycles. The summed E-state index contributed by atoms with van der Waals surface area (Å²) in [5, 5.41) is 18.2. The first-order chi connectivity index (χ1) is 10.6. The fourth-order valence-corrected chi connectivity index (χ4v) is 2.21. The van der Waals surface area contributed by atoms with Gasteiger partial charge in [-0.2, -0.15) is 5.26 Å². The molecule has 108 valence electrons. The maximum Gasteiger partial charge on any atom is 0.262 e. The number of allylic oxidation sites excluding steroid dienone is 3. The Morgan fingerprint density at radius 3 is 2.77 bits per heavy atom. The fourth-order valence-electron chi connectivity index (χ4n) is 2.21. The van der Waals surface area contributed by atoms with Crippen LogP contribution in [-0.2, 0) is 0 Å². The van der Waals surface area contributed by atoms with Gasteiger partial charge in [0.25, 0.3) is 5.70 Å². The molecule has 5 heteroatoms. The van der Waals surface area contributed by atoms with Crippen molar-refractivity contribution in [1.29, 1.82) is 10.5 Å². The van der Waals surface area contributed by atoms with Crippen molar-refractivity contribution < 1.29 is 4.74 Å². The van der Waals surface area contributed by atoms with Crippen molar-refractivity contribution in [3.05, 3.63) is 58.9 Å². The lowest BCUT2D eigenvalue weighted by Gasteiger charge is -2.12. The first kappa shape index (κ1) is 15.2. The molecule has 0 amide bonds. The topological polar surface area (TPSA) is 64.4 Å². The molecule has 0 aromatic heterocycles. The second-order valence-corrected chi connectivity index (χ2v) is 4.84. The Kier molecular flexibility index (Phi) is 4.47. The maximum atomic E-state index is 9.27. The van der Waals surface area contributed by atoms with E-state index >= 15 is 0 Å². The predicted octanol–water partition coefficient (Wildman–Crippen LogP) is 3.60. The second-order valence-electron chi connectivity index (χ2n) is 4.84. The van der Waals surface area contributed by atoms with E-state index in [1.807, 2.05) is 48.4 Å². The Labute approximate surface area is 129 Å². The average molecular weight is 290 g/mol. The summed E-state index contributed by atoms with van der Waals surface area (Å²) in [5.41, 5.74) is 1.44. The van der Waals surface area contributed by atoms with Crippen LogP contribution in [0.15, 0.2) is 47.5 Å². The highest BCUT2D eigenvalue weighted by Gasteiger charge is 2.23. The Morgan fingerprint density at radius 1 is 1.45 bits per heavy atom. The van der Waals surface area contributed by atoms with E-state index in [0.29, 0.717) is 17.9 Å². The van der Waals surface area contributed by atoms with Gasteiger partial charge in [0.15, 0.2) is 11.6 Å². The van der Waals surface area contributed by atoms with Gasteiger partial charge in [-0.3, -0.25) is 0 Å².